The lowest BCUT2D eigenvalue weighted by Gasteiger charge is -2.13. The third-order valence-electron chi connectivity index (χ3n) is 4.02. The van der Waals surface area contributed by atoms with Gasteiger partial charge in [-0.15, -0.1) is 0 Å². The molecule has 0 aliphatic carbocycles. The SMILES string of the molecule is COc1cc(OC)c(/C=C/S(=O)(=O)Nc2ccc(OC)c(OC(=O)C(F)(F)F)c2)c(OC)c1. The summed E-state index contributed by atoms with van der Waals surface area (Å²) in [7, 11) is 1.16. The fourth-order valence-corrected chi connectivity index (χ4v) is 3.37. The Balaban J connectivity index is 2.34. The molecular formula is C20H20F3NO8S. The summed E-state index contributed by atoms with van der Waals surface area (Å²) in [5.41, 5.74) is 0.111. The molecule has 2 aromatic rings. The second-order valence-corrected chi connectivity index (χ2v) is 7.71. The Labute approximate surface area is 187 Å². The van der Waals surface area contributed by atoms with Gasteiger partial charge < -0.3 is 23.7 Å². The zero-order valence-corrected chi connectivity index (χ0v) is 18.7. The molecule has 0 bridgehead atoms. The number of nitrogens with one attached hydrogen (secondary N) is 1. The highest BCUT2D eigenvalue weighted by atomic mass is 32.2. The summed E-state index contributed by atoms with van der Waals surface area (Å²) in [6, 6.07) is 6.27. The minimum Gasteiger partial charge on any atom is -0.496 e. The Morgan fingerprint density at radius 3 is 1.94 bits per heavy atom. The maximum atomic E-state index is 12.5. The summed E-state index contributed by atoms with van der Waals surface area (Å²) >= 11 is 0. The van der Waals surface area contributed by atoms with Gasteiger partial charge in [0.2, 0.25) is 0 Å². The van der Waals surface area contributed by atoms with E-state index in [2.05, 4.69) is 9.46 Å². The summed E-state index contributed by atoms with van der Waals surface area (Å²) in [4.78, 5) is 11.1. The van der Waals surface area contributed by atoms with Gasteiger partial charge >= 0.3 is 12.1 Å². The maximum Gasteiger partial charge on any atom is 0.491 e. The zero-order valence-electron chi connectivity index (χ0n) is 17.8. The van der Waals surface area contributed by atoms with E-state index in [9.17, 15) is 26.4 Å². The van der Waals surface area contributed by atoms with E-state index in [1.54, 1.807) is 0 Å². The monoisotopic (exact) mass is 491 g/mol. The van der Waals surface area contributed by atoms with Crippen molar-refractivity contribution >= 4 is 27.8 Å². The first-order chi connectivity index (χ1) is 15.4. The number of sulfonamides is 1. The molecule has 180 valence electrons. The number of benzene rings is 2. The van der Waals surface area contributed by atoms with Gasteiger partial charge in [-0.1, -0.05) is 0 Å². The number of halogens is 3. The van der Waals surface area contributed by atoms with Crippen LogP contribution in [-0.4, -0.2) is 49.0 Å². The van der Waals surface area contributed by atoms with Crippen molar-refractivity contribution in [3.05, 3.63) is 41.3 Å². The predicted molar refractivity (Wildman–Crippen MR) is 112 cm³/mol. The molecule has 0 atom stereocenters. The molecule has 0 aromatic heterocycles. The first kappa shape index (κ1) is 25.6. The molecule has 0 fully saturated rings. The fourth-order valence-electron chi connectivity index (χ4n) is 2.53. The first-order valence-corrected chi connectivity index (χ1v) is 10.5. The molecular weight excluding hydrogens is 471 g/mol. The van der Waals surface area contributed by atoms with Gasteiger partial charge in [-0.25, -0.2) is 13.2 Å². The van der Waals surface area contributed by atoms with Crippen LogP contribution in [-0.2, 0) is 14.8 Å². The van der Waals surface area contributed by atoms with E-state index in [0.29, 0.717) is 11.3 Å². The van der Waals surface area contributed by atoms with Gasteiger partial charge in [0.25, 0.3) is 10.0 Å². The van der Waals surface area contributed by atoms with E-state index < -0.39 is 27.9 Å². The number of esters is 1. The smallest absolute Gasteiger partial charge is 0.491 e. The quantitative estimate of drug-likeness (QED) is 0.419. The Morgan fingerprint density at radius 1 is 0.879 bits per heavy atom. The second kappa shape index (κ2) is 10.3. The van der Waals surface area contributed by atoms with Crippen molar-refractivity contribution in [2.45, 2.75) is 6.18 Å². The molecule has 0 radical (unpaired) electrons. The Morgan fingerprint density at radius 2 is 1.45 bits per heavy atom. The molecule has 0 aliphatic heterocycles. The lowest BCUT2D eigenvalue weighted by Crippen LogP contribution is -2.28. The van der Waals surface area contributed by atoms with E-state index in [1.165, 1.54) is 45.6 Å². The largest absolute Gasteiger partial charge is 0.496 e. The van der Waals surface area contributed by atoms with Gasteiger partial charge in [0.1, 0.15) is 17.2 Å². The highest BCUT2D eigenvalue weighted by Crippen LogP contribution is 2.36. The van der Waals surface area contributed by atoms with Crippen molar-refractivity contribution in [3.63, 3.8) is 0 Å². The van der Waals surface area contributed by atoms with Gasteiger partial charge in [0.05, 0.1) is 45.1 Å². The minimum absolute atomic E-state index is 0.181. The molecule has 0 amide bonds. The van der Waals surface area contributed by atoms with E-state index in [0.717, 1.165) is 24.7 Å². The molecule has 2 aromatic carbocycles. The summed E-state index contributed by atoms with van der Waals surface area (Å²) in [5.74, 6) is -2.37. The normalized spacial score (nSPS) is 11.7. The second-order valence-electron chi connectivity index (χ2n) is 6.15. The molecule has 0 saturated carbocycles. The molecule has 1 N–H and O–H groups in total. The standard InChI is InChI=1S/C20H20F3NO8S/c1-28-13-10-16(30-3)14(17(11-13)31-4)7-8-33(26,27)24-12-5-6-15(29-2)18(9-12)32-19(25)20(21,22)23/h5-11,24H,1-4H3/b8-7+. The van der Waals surface area contributed by atoms with E-state index in [-0.39, 0.29) is 22.9 Å². The summed E-state index contributed by atoms with van der Waals surface area (Å²) in [6.07, 6.45) is -4.05. The number of hydrogen-bond acceptors (Lipinski definition) is 8. The summed E-state index contributed by atoms with van der Waals surface area (Å²) in [5, 5.41) is 0.797. The van der Waals surface area contributed by atoms with Crippen molar-refractivity contribution < 1.29 is 50.1 Å². The third-order valence-corrected chi connectivity index (χ3v) is 5.04. The minimum atomic E-state index is -5.25. The maximum absolute atomic E-state index is 12.5. The van der Waals surface area contributed by atoms with Crippen LogP contribution in [0.2, 0.25) is 0 Å². The van der Waals surface area contributed by atoms with Gasteiger partial charge in [0.15, 0.2) is 11.5 Å². The summed E-state index contributed by atoms with van der Waals surface area (Å²) < 4.78 is 89.4. The van der Waals surface area contributed by atoms with Crippen molar-refractivity contribution in [1.29, 1.82) is 0 Å². The molecule has 9 nitrogen and oxygen atoms in total. The van der Waals surface area contributed by atoms with Gasteiger partial charge in [-0.3, -0.25) is 4.72 Å². The number of alkyl halides is 3. The number of methoxy groups -OCH3 is 4. The van der Waals surface area contributed by atoms with Crippen LogP contribution in [0.15, 0.2) is 35.7 Å². The predicted octanol–water partition coefficient (Wildman–Crippen LogP) is 3.60. The fraction of sp³-hybridized carbons (Fsp3) is 0.250. The zero-order chi connectivity index (χ0) is 24.8. The van der Waals surface area contributed by atoms with Gasteiger partial charge in [-0.2, -0.15) is 13.2 Å². The number of anilines is 1. The van der Waals surface area contributed by atoms with Crippen molar-refractivity contribution in [2.24, 2.45) is 0 Å². The molecule has 0 spiro atoms. The lowest BCUT2D eigenvalue weighted by atomic mass is 10.1. The van der Waals surface area contributed by atoms with Crippen molar-refractivity contribution in [2.75, 3.05) is 33.2 Å². The van der Waals surface area contributed by atoms with Crippen LogP contribution in [0.25, 0.3) is 6.08 Å². The van der Waals surface area contributed by atoms with Crippen LogP contribution in [0.3, 0.4) is 0 Å². The van der Waals surface area contributed by atoms with Crippen LogP contribution < -0.4 is 28.4 Å². The number of carbonyl (C=O) groups is 1. The van der Waals surface area contributed by atoms with E-state index >= 15 is 0 Å². The van der Waals surface area contributed by atoms with E-state index in [4.69, 9.17) is 18.9 Å². The molecule has 13 heteroatoms. The van der Waals surface area contributed by atoms with Gasteiger partial charge in [0, 0.05) is 18.2 Å². The van der Waals surface area contributed by atoms with Crippen molar-refractivity contribution in [1.82, 2.24) is 0 Å². The molecule has 0 aliphatic rings. The topological polar surface area (TPSA) is 109 Å². The number of carbonyl (C=O) groups excluding carboxylic acids is 1. The van der Waals surface area contributed by atoms with Crippen LogP contribution in [0, 0.1) is 0 Å². The van der Waals surface area contributed by atoms with Gasteiger partial charge in [-0.05, 0) is 18.2 Å². The van der Waals surface area contributed by atoms with Crippen LogP contribution in [0.4, 0.5) is 18.9 Å². The number of hydrogen-bond donors (Lipinski definition) is 1. The average Bonchev–Trinajstić information content (AvgIpc) is 2.76. The Kier molecular flexibility index (Phi) is 8.03. The third kappa shape index (κ3) is 6.68. The number of rotatable bonds is 9. The molecule has 0 saturated heterocycles. The Bertz CT molecular complexity index is 1120. The number of ether oxygens (including phenoxy) is 5. The van der Waals surface area contributed by atoms with Crippen LogP contribution in [0.5, 0.6) is 28.7 Å². The molecule has 0 unspecified atom stereocenters. The highest BCUT2D eigenvalue weighted by Gasteiger charge is 2.41. The van der Waals surface area contributed by atoms with Crippen LogP contribution >= 0.6 is 0 Å². The average molecular weight is 491 g/mol. The van der Waals surface area contributed by atoms with E-state index in [1.807, 2.05) is 0 Å². The Hall–Kier alpha value is -3.61. The highest BCUT2D eigenvalue weighted by molar-refractivity contribution is 7.95. The molecule has 2 rings (SSSR count). The molecule has 0 heterocycles. The van der Waals surface area contributed by atoms with Crippen molar-refractivity contribution in [3.8, 4) is 28.7 Å². The lowest BCUT2D eigenvalue weighted by molar-refractivity contribution is -0.189. The summed E-state index contributed by atoms with van der Waals surface area (Å²) in [6.45, 7) is 0. The molecule has 33 heavy (non-hydrogen) atoms. The van der Waals surface area contributed by atoms with Crippen LogP contribution in [0.1, 0.15) is 5.56 Å². The first-order valence-electron chi connectivity index (χ1n) is 8.92.